The third kappa shape index (κ3) is 3.05. The molecule has 1 aliphatic heterocycles. The molecule has 1 saturated heterocycles. The third-order valence-corrected chi connectivity index (χ3v) is 3.32. The van der Waals surface area contributed by atoms with Gasteiger partial charge >= 0.3 is 0 Å². The van der Waals surface area contributed by atoms with Gasteiger partial charge < -0.3 is 15.7 Å². The van der Waals surface area contributed by atoms with Crippen molar-refractivity contribution in [1.82, 2.24) is 19.9 Å². The summed E-state index contributed by atoms with van der Waals surface area (Å²) in [7, 11) is 0. The highest BCUT2D eigenvalue weighted by atomic mass is 16.3. The van der Waals surface area contributed by atoms with Crippen molar-refractivity contribution in [2.45, 2.75) is 25.9 Å². The number of carbonyl (C=O) groups is 1. The van der Waals surface area contributed by atoms with Gasteiger partial charge in [-0.25, -0.2) is 4.68 Å². The van der Waals surface area contributed by atoms with Crippen molar-refractivity contribution >= 4 is 5.91 Å². The Kier molecular flexibility index (Phi) is 4.27. The number of likely N-dealkylation sites (tertiary alicyclic amines) is 1. The van der Waals surface area contributed by atoms with E-state index in [1.54, 1.807) is 6.20 Å². The highest BCUT2D eigenvalue weighted by Gasteiger charge is 2.22. The predicted octanol–water partition coefficient (Wildman–Crippen LogP) is -1.03. The minimum absolute atomic E-state index is 0.0415. The fourth-order valence-corrected chi connectivity index (χ4v) is 2.11. The number of carbonyl (C=O) groups excluding carboxylic acids is 1. The highest BCUT2D eigenvalue weighted by molar-refractivity contribution is 5.75. The molecule has 0 aliphatic carbocycles. The monoisotopic (exact) mass is 253 g/mol. The average Bonchev–Trinajstić information content (AvgIpc) is 2.86. The van der Waals surface area contributed by atoms with Gasteiger partial charge in [0.25, 0.3) is 0 Å². The number of nitrogens with zero attached hydrogens (tertiary/aromatic N) is 4. The van der Waals surface area contributed by atoms with Crippen LogP contribution in [0.2, 0.25) is 0 Å². The molecule has 1 aliphatic rings. The Hall–Kier alpha value is -1.47. The van der Waals surface area contributed by atoms with E-state index in [-0.39, 0.29) is 19.1 Å². The van der Waals surface area contributed by atoms with E-state index >= 15 is 0 Å². The minimum atomic E-state index is 0.0415. The lowest BCUT2D eigenvalue weighted by Crippen LogP contribution is -2.40. The van der Waals surface area contributed by atoms with Gasteiger partial charge in [0, 0.05) is 26.2 Å². The van der Waals surface area contributed by atoms with Gasteiger partial charge in [-0.1, -0.05) is 5.21 Å². The van der Waals surface area contributed by atoms with E-state index in [1.165, 1.54) is 4.68 Å². The Morgan fingerprint density at radius 1 is 1.50 bits per heavy atom. The van der Waals surface area contributed by atoms with Crippen molar-refractivity contribution in [3.05, 3.63) is 11.9 Å². The number of aromatic nitrogens is 3. The first-order valence-corrected chi connectivity index (χ1v) is 6.20. The molecule has 0 bridgehead atoms. The zero-order valence-electron chi connectivity index (χ0n) is 10.3. The van der Waals surface area contributed by atoms with Crippen LogP contribution in [-0.4, -0.2) is 50.6 Å². The topological polar surface area (TPSA) is 97.3 Å². The Morgan fingerprint density at radius 3 is 2.78 bits per heavy atom. The van der Waals surface area contributed by atoms with Crippen molar-refractivity contribution in [1.29, 1.82) is 0 Å². The van der Waals surface area contributed by atoms with Crippen LogP contribution in [0.15, 0.2) is 6.20 Å². The van der Waals surface area contributed by atoms with E-state index < -0.39 is 0 Å². The second-order valence-corrected chi connectivity index (χ2v) is 4.62. The molecule has 0 saturated carbocycles. The van der Waals surface area contributed by atoms with Crippen LogP contribution in [0, 0.1) is 5.92 Å². The van der Waals surface area contributed by atoms with E-state index in [0.717, 1.165) is 12.8 Å². The number of aliphatic hydroxyl groups excluding tert-OH is 1. The van der Waals surface area contributed by atoms with Crippen LogP contribution in [0.4, 0.5) is 0 Å². The van der Waals surface area contributed by atoms with Gasteiger partial charge in [-0.2, -0.15) is 0 Å². The average molecular weight is 253 g/mol. The molecule has 0 unspecified atom stereocenters. The van der Waals surface area contributed by atoms with E-state index in [4.69, 9.17) is 10.8 Å². The summed E-state index contributed by atoms with van der Waals surface area (Å²) < 4.78 is 1.52. The number of hydrogen-bond acceptors (Lipinski definition) is 5. The second kappa shape index (κ2) is 5.92. The number of nitrogens with two attached hydrogens (primary N) is 1. The fraction of sp³-hybridized carbons (Fsp3) is 0.727. The Labute approximate surface area is 106 Å². The summed E-state index contributed by atoms with van der Waals surface area (Å²) in [5.41, 5.74) is 6.11. The van der Waals surface area contributed by atoms with E-state index in [1.807, 2.05) is 4.90 Å². The summed E-state index contributed by atoms with van der Waals surface area (Å²) in [6.07, 6.45) is 3.43. The van der Waals surface area contributed by atoms with Gasteiger partial charge in [-0.05, 0) is 18.8 Å². The van der Waals surface area contributed by atoms with Crippen molar-refractivity contribution in [2.75, 3.05) is 19.7 Å². The molecule has 1 fully saturated rings. The SMILES string of the molecule is NCc1cn(CC(=O)N2CCC(CO)CC2)nn1. The molecule has 0 atom stereocenters. The van der Waals surface area contributed by atoms with Crippen LogP contribution in [0.1, 0.15) is 18.5 Å². The molecule has 1 aromatic rings. The lowest BCUT2D eigenvalue weighted by Gasteiger charge is -2.31. The molecule has 1 aromatic heterocycles. The van der Waals surface area contributed by atoms with E-state index in [2.05, 4.69) is 10.3 Å². The number of amides is 1. The fourth-order valence-electron chi connectivity index (χ4n) is 2.11. The smallest absolute Gasteiger partial charge is 0.244 e. The summed E-state index contributed by atoms with van der Waals surface area (Å²) in [5, 5.41) is 16.7. The van der Waals surface area contributed by atoms with Gasteiger partial charge in [0.15, 0.2) is 0 Å². The summed E-state index contributed by atoms with van der Waals surface area (Å²) in [5.74, 6) is 0.379. The van der Waals surface area contributed by atoms with E-state index in [9.17, 15) is 4.79 Å². The van der Waals surface area contributed by atoms with Crippen molar-refractivity contribution in [3.8, 4) is 0 Å². The number of hydrogen-bond donors (Lipinski definition) is 2. The first-order chi connectivity index (χ1) is 8.72. The number of aliphatic hydroxyl groups is 1. The van der Waals surface area contributed by atoms with Gasteiger partial charge in [-0.15, -0.1) is 5.10 Å². The summed E-state index contributed by atoms with van der Waals surface area (Å²) >= 11 is 0. The molecule has 0 radical (unpaired) electrons. The van der Waals surface area contributed by atoms with Crippen LogP contribution in [0.3, 0.4) is 0 Å². The van der Waals surface area contributed by atoms with E-state index in [0.29, 0.717) is 31.2 Å². The molecule has 18 heavy (non-hydrogen) atoms. The molecule has 7 heteroatoms. The van der Waals surface area contributed by atoms with Crippen LogP contribution >= 0.6 is 0 Å². The van der Waals surface area contributed by atoms with Crippen LogP contribution in [-0.2, 0) is 17.9 Å². The molecule has 0 aromatic carbocycles. The maximum Gasteiger partial charge on any atom is 0.244 e. The first-order valence-electron chi connectivity index (χ1n) is 6.20. The zero-order chi connectivity index (χ0) is 13.0. The third-order valence-electron chi connectivity index (χ3n) is 3.32. The molecule has 0 spiro atoms. The Morgan fingerprint density at radius 2 is 2.22 bits per heavy atom. The predicted molar refractivity (Wildman–Crippen MR) is 64.3 cm³/mol. The number of rotatable bonds is 4. The van der Waals surface area contributed by atoms with Crippen molar-refractivity contribution < 1.29 is 9.90 Å². The van der Waals surface area contributed by atoms with Gasteiger partial charge in [0.05, 0.1) is 11.9 Å². The molecule has 1 amide bonds. The van der Waals surface area contributed by atoms with Crippen LogP contribution in [0.25, 0.3) is 0 Å². The van der Waals surface area contributed by atoms with Crippen molar-refractivity contribution in [2.24, 2.45) is 11.7 Å². The minimum Gasteiger partial charge on any atom is -0.396 e. The zero-order valence-corrected chi connectivity index (χ0v) is 10.3. The largest absolute Gasteiger partial charge is 0.396 e. The molecule has 7 nitrogen and oxygen atoms in total. The standard InChI is InChI=1S/C11H19N5O2/c12-5-10-6-16(14-13-10)7-11(18)15-3-1-9(8-17)2-4-15/h6,9,17H,1-5,7-8,12H2. The maximum absolute atomic E-state index is 12.0. The first kappa shape index (κ1) is 13.0. The normalized spacial score (nSPS) is 17.1. The van der Waals surface area contributed by atoms with Crippen molar-refractivity contribution in [3.63, 3.8) is 0 Å². The summed E-state index contributed by atoms with van der Waals surface area (Å²) in [6, 6.07) is 0. The molecular formula is C11H19N5O2. The van der Waals surface area contributed by atoms with Gasteiger partial charge in [0.1, 0.15) is 6.54 Å². The molecular weight excluding hydrogens is 234 g/mol. The lowest BCUT2D eigenvalue weighted by molar-refractivity contribution is -0.133. The second-order valence-electron chi connectivity index (χ2n) is 4.62. The number of piperidine rings is 1. The molecule has 3 N–H and O–H groups in total. The Bertz CT molecular complexity index is 398. The lowest BCUT2D eigenvalue weighted by atomic mass is 9.98. The van der Waals surface area contributed by atoms with Gasteiger partial charge in [0.2, 0.25) is 5.91 Å². The summed E-state index contributed by atoms with van der Waals surface area (Å²) in [4.78, 5) is 13.8. The summed E-state index contributed by atoms with van der Waals surface area (Å²) in [6.45, 7) is 2.17. The van der Waals surface area contributed by atoms with Crippen LogP contribution < -0.4 is 5.73 Å². The molecule has 100 valence electrons. The Balaban J connectivity index is 1.85. The molecule has 2 heterocycles. The highest BCUT2D eigenvalue weighted by Crippen LogP contribution is 2.16. The quantitative estimate of drug-likeness (QED) is 0.715. The van der Waals surface area contributed by atoms with Gasteiger partial charge in [-0.3, -0.25) is 4.79 Å². The maximum atomic E-state index is 12.0. The molecule has 2 rings (SSSR count). The van der Waals surface area contributed by atoms with Crippen LogP contribution in [0.5, 0.6) is 0 Å².